The van der Waals surface area contributed by atoms with Gasteiger partial charge in [0.15, 0.2) is 5.11 Å². The average Bonchev–Trinajstić information content (AvgIpc) is 3.19. The zero-order chi connectivity index (χ0) is 17.1. The molecule has 3 N–H and O–H groups in total. The lowest BCUT2D eigenvalue weighted by molar-refractivity contribution is 0.0947. The molecule has 5 nitrogen and oxygen atoms in total. The van der Waals surface area contributed by atoms with Crippen molar-refractivity contribution in [1.29, 1.82) is 0 Å². The van der Waals surface area contributed by atoms with E-state index in [0.717, 1.165) is 30.8 Å². The van der Waals surface area contributed by atoms with E-state index in [2.05, 4.69) is 16.2 Å². The topological polar surface area (TPSA) is 62.4 Å². The molecule has 0 saturated carbocycles. The number of thiocarbonyl (C=S) groups is 1. The number of hydrogen-bond acceptors (Lipinski definition) is 4. The van der Waals surface area contributed by atoms with E-state index in [9.17, 15) is 9.18 Å². The van der Waals surface area contributed by atoms with Gasteiger partial charge in [-0.05, 0) is 37.2 Å². The predicted molar refractivity (Wildman–Crippen MR) is 97.0 cm³/mol. The number of amides is 1. The third-order valence-corrected chi connectivity index (χ3v) is 5.51. The van der Waals surface area contributed by atoms with Crippen molar-refractivity contribution in [2.45, 2.75) is 18.9 Å². The number of nitrogens with one attached hydrogen (secondary N) is 3. The first-order valence-corrected chi connectivity index (χ1v) is 8.99. The van der Waals surface area contributed by atoms with Crippen LogP contribution in [0.1, 0.15) is 22.5 Å². The van der Waals surface area contributed by atoms with E-state index in [4.69, 9.17) is 28.6 Å². The number of carbonyl (C=O) groups is 1. The molecule has 2 aromatic rings. The molecular formula is C15H15ClFN3O2S2. The summed E-state index contributed by atoms with van der Waals surface area (Å²) in [6.07, 6.45) is 2.18. The minimum absolute atomic E-state index is 0.102. The molecule has 0 aliphatic carbocycles. The fraction of sp³-hybridized carbons (Fsp3) is 0.333. The number of hydrogen-bond donors (Lipinski definition) is 3. The van der Waals surface area contributed by atoms with E-state index in [1.165, 1.54) is 6.07 Å². The molecule has 0 spiro atoms. The molecule has 0 unspecified atom stereocenters. The second-order valence-corrected chi connectivity index (χ2v) is 7.12. The average molecular weight is 388 g/mol. The molecule has 24 heavy (non-hydrogen) atoms. The highest BCUT2D eigenvalue weighted by atomic mass is 35.5. The highest BCUT2D eigenvalue weighted by Crippen LogP contribution is 2.36. The van der Waals surface area contributed by atoms with Crippen LogP contribution in [0.2, 0.25) is 5.02 Å². The lowest BCUT2D eigenvalue weighted by Crippen LogP contribution is -2.48. The zero-order valence-corrected chi connectivity index (χ0v) is 14.9. The summed E-state index contributed by atoms with van der Waals surface area (Å²) in [5, 5.41) is 3.61. The number of carbonyl (C=O) groups excluding carboxylic acids is 1. The molecule has 9 heteroatoms. The van der Waals surface area contributed by atoms with Gasteiger partial charge in [-0.1, -0.05) is 17.7 Å². The van der Waals surface area contributed by atoms with Crippen molar-refractivity contribution in [3.8, 4) is 0 Å². The van der Waals surface area contributed by atoms with Crippen molar-refractivity contribution in [1.82, 2.24) is 16.2 Å². The Hall–Kier alpha value is -1.48. The van der Waals surface area contributed by atoms with E-state index >= 15 is 0 Å². The first-order valence-electron chi connectivity index (χ1n) is 7.38. The molecule has 1 aliphatic rings. The van der Waals surface area contributed by atoms with Gasteiger partial charge in [0, 0.05) is 23.2 Å². The molecule has 1 aliphatic heterocycles. The van der Waals surface area contributed by atoms with E-state index in [1.54, 1.807) is 12.1 Å². The summed E-state index contributed by atoms with van der Waals surface area (Å²) in [4.78, 5) is 12.5. The lowest BCUT2D eigenvalue weighted by atomic mass is 10.2. The Kier molecular flexibility index (Phi) is 5.50. The van der Waals surface area contributed by atoms with E-state index in [-0.39, 0.29) is 26.5 Å². The van der Waals surface area contributed by atoms with Crippen LogP contribution in [-0.2, 0) is 4.74 Å². The van der Waals surface area contributed by atoms with Gasteiger partial charge in [0.25, 0.3) is 5.91 Å². The smallest absolute Gasteiger partial charge is 0.281 e. The van der Waals surface area contributed by atoms with Gasteiger partial charge < -0.3 is 10.1 Å². The Labute approximate surface area is 152 Å². The molecule has 1 aromatic heterocycles. The lowest BCUT2D eigenvalue weighted by Gasteiger charge is -2.14. The quantitative estimate of drug-likeness (QED) is 0.558. The fourth-order valence-corrected chi connectivity index (χ4v) is 4.03. The molecule has 0 radical (unpaired) electrons. The summed E-state index contributed by atoms with van der Waals surface area (Å²) in [7, 11) is 0. The first-order chi connectivity index (χ1) is 11.6. The summed E-state index contributed by atoms with van der Waals surface area (Å²) >= 11 is 12.4. The van der Waals surface area contributed by atoms with Gasteiger partial charge in [0.05, 0.1) is 11.1 Å². The monoisotopic (exact) mass is 387 g/mol. The number of fused-ring (bicyclic) bond motifs is 1. The van der Waals surface area contributed by atoms with Gasteiger partial charge in [-0.3, -0.25) is 15.6 Å². The van der Waals surface area contributed by atoms with Crippen molar-refractivity contribution in [2.24, 2.45) is 0 Å². The standard InChI is InChI=1S/C15H15ClFN3O2S2/c16-12-11-9(17)4-1-5-10(11)24-13(12)14(21)19-20-15(23)18-7-8-3-2-6-22-8/h1,4-5,8H,2-3,6-7H2,(H,19,21)(H2,18,20,23)/t8-/m1/s1. The summed E-state index contributed by atoms with van der Waals surface area (Å²) in [5.41, 5.74) is 5.08. The van der Waals surface area contributed by atoms with Crippen molar-refractivity contribution >= 4 is 56.3 Å². The highest BCUT2D eigenvalue weighted by molar-refractivity contribution is 7.80. The van der Waals surface area contributed by atoms with Crippen molar-refractivity contribution in [3.63, 3.8) is 0 Å². The van der Waals surface area contributed by atoms with Gasteiger partial charge in [-0.25, -0.2) is 4.39 Å². The molecule has 1 atom stereocenters. The second-order valence-electron chi connectivity index (χ2n) is 5.28. The molecular weight excluding hydrogens is 373 g/mol. The third kappa shape index (κ3) is 3.77. The van der Waals surface area contributed by atoms with Crippen LogP contribution < -0.4 is 16.2 Å². The number of thiophene rings is 1. The maximum atomic E-state index is 13.8. The van der Waals surface area contributed by atoms with Gasteiger partial charge in [-0.15, -0.1) is 11.3 Å². The molecule has 1 fully saturated rings. The van der Waals surface area contributed by atoms with Gasteiger partial charge in [0.1, 0.15) is 10.7 Å². The number of benzene rings is 1. The number of rotatable bonds is 3. The van der Waals surface area contributed by atoms with Crippen LogP contribution in [0.5, 0.6) is 0 Å². The maximum absolute atomic E-state index is 13.8. The second kappa shape index (κ2) is 7.60. The maximum Gasteiger partial charge on any atom is 0.281 e. The fourth-order valence-electron chi connectivity index (χ4n) is 2.44. The molecule has 128 valence electrons. The van der Waals surface area contributed by atoms with E-state index in [1.807, 2.05) is 0 Å². The SMILES string of the molecule is O=C(NNC(=S)NC[C@H]1CCCO1)c1sc2cccc(F)c2c1Cl. The van der Waals surface area contributed by atoms with Crippen molar-refractivity contribution in [3.05, 3.63) is 33.9 Å². The Bertz CT molecular complexity index is 777. The molecule has 1 saturated heterocycles. The molecule has 1 aromatic carbocycles. The predicted octanol–water partition coefficient (Wildman–Crippen LogP) is 2.98. The molecule has 2 heterocycles. The van der Waals surface area contributed by atoms with Crippen LogP contribution in [0, 0.1) is 5.82 Å². The Balaban J connectivity index is 1.58. The third-order valence-electron chi connectivity index (χ3n) is 3.62. The molecule has 1 amide bonds. The molecule has 0 bridgehead atoms. The van der Waals surface area contributed by atoms with E-state index in [0.29, 0.717) is 11.2 Å². The normalized spacial score (nSPS) is 17.0. The van der Waals surface area contributed by atoms with Crippen LogP contribution >= 0.6 is 35.2 Å². The summed E-state index contributed by atoms with van der Waals surface area (Å²) in [6.45, 7) is 1.35. The largest absolute Gasteiger partial charge is 0.376 e. The Morgan fingerprint density at radius 2 is 2.29 bits per heavy atom. The minimum atomic E-state index is -0.470. The van der Waals surface area contributed by atoms with Crippen molar-refractivity contribution in [2.75, 3.05) is 13.2 Å². The minimum Gasteiger partial charge on any atom is -0.376 e. The Morgan fingerprint density at radius 3 is 3.00 bits per heavy atom. The highest BCUT2D eigenvalue weighted by Gasteiger charge is 2.20. The van der Waals surface area contributed by atoms with Gasteiger partial charge >= 0.3 is 0 Å². The number of hydrazine groups is 1. The number of halogens is 2. The van der Waals surface area contributed by atoms with Crippen LogP contribution in [0.4, 0.5) is 4.39 Å². The van der Waals surface area contributed by atoms with Gasteiger partial charge in [-0.2, -0.15) is 0 Å². The Morgan fingerprint density at radius 1 is 1.46 bits per heavy atom. The summed E-state index contributed by atoms with van der Waals surface area (Å²) < 4.78 is 19.9. The van der Waals surface area contributed by atoms with E-state index < -0.39 is 11.7 Å². The van der Waals surface area contributed by atoms with Crippen molar-refractivity contribution < 1.29 is 13.9 Å². The summed E-state index contributed by atoms with van der Waals surface area (Å²) in [5.74, 6) is -0.920. The van der Waals surface area contributed by atoms with Crippen LogP contribution in [0.25, 0.3) is 10.1 Å². The van der Waals surface area contributed by atoms with Crippen LogP contribution in [0.3, 0.4) is 0 Å². The number of ether oxygens (including phenoxy) is 1. The van der Waals surface area contributed by atoms with Crippen LogP contribution in [-0.4, -0.2) is 30.3 Å². The van der Waals surface area contributed by atoms with Crippen LogP contribution in [0.15, 0.2) is 18.2 Å². The summed E-state index contributed by atoms with van der Waals surface area (Å²) in [6, 6.07) is 4.60. The molecule has 3 rings (SSSR count). The van der Waals surface area contributed by atoms with Gasteiger partial charge in [0.2, 0.25) is 0 Å². The zero-order valence-electron chi connectivity index (χ0n) is 12.5. The first kappa shape index (κ1) is 17.3.